The minimum atomic E-state index is 0.525. The zero-order valence-corrected chi connectivity index (χ0v) is 4.97. The molecule has 2 nitrogen and oxygen atoms in total. The Morgan fingerprint density at radius 1 is 1.25 bits per heavy atom. The highest BCUT2D eigenvalue weighted by Gasteiger charge is 2.31. The van der Waals surface area contributed by atoms with Gasteiger partial charge in [-0.2, -0.15) is 0 Å². The van der Waals surface area contributed by atoms with Crippen molar-refractivity contribution in [3.05, 3.63) is 0 Å². The van der Waals surface area contributed by atoms with Crippen LogP contribution in [0.25, 0.3) is 0 Å². The minimum absolute atomic E-state index is 0.525. The van der Waals surface area contributed by atoms with E-state index in [2.05, 4.69) is 4.90 Å². The molecule has 0 aromatic heterocycles. The summed E-state index contributed by atoms with van der Waals surface area (Å²) >= 11 is 0. The molecule has 2 heteroatoms. The third-order valence-corrected chi connectivity index (χ3v) is 1.86. The summed E-state index contributed by atoms with van der Waals surface area (Å²) in [5.41, 5.74) is 0. The van der Waals surface area contributed by atoms with Gasteiger partial charge in [-0.15, -0.1) is 0 Å². The van der Waals surface area contributed by atoms with Crippen LogP contribution in [0.4, 0.5) is 0 Å². The smallest absolute Gasteiger partial charge is 0.134 e. The Labute approximate surface area is 49.4 Å². The molecular formula is C6H11NO. The van der Waals surface area contributed by atoms with E-state index in [1.807, 2.05) is 0 Å². The van der Waals surface area contributed by atoms with Crippen LogP contribution in [0.1, 0.15) is 12.8 Å². The fourth-order valence-corrected chi connectivity index (χ4v) is 1.28. The Balaban J connectivity index is 1.86. The quantitative estimate of drug-likeness (QED) is 0.458. The van der Waals surface area contributed by atoms with Gasteiger partial charge in [-0.1, -0.05) is 0 Å². The average molecular weight is 113 g/mol. The molecular weight excluding hydrogens is 102 g/mol. The molecule has 0 spiro atoms. The van der Waals surface area contributed by atoms with Gasteiger partial charge in [0.05, 0.1) is 6.61 Å². The van der Waals surface area contributed by atoms with Crippen LogP contribution >= 0.6 is 0 Å². The number of nitrogens with zero attached hydrogens (tertiary/aromatic N) is 1. The maximum absolute atomic E-state index is 5.12. The van der Waals surface area contributed by atoms with Crippen LogP contribution in [0, 0.1) is 0 Å². The lowest BCUT2D eigenvalue weighted by Crippen LogP contribution is -2.22. The third-order valence-electron chi connectivity index (χ3n) is 1.86. The highest BCUT2D eigenvalue weighted by Crippen LogP contribution is 2.20. The molecule has 0 radical (unpaired) electrons. The first kappa shape index (κ1) is 4.77. The zero-order valence-electron chi connectivity index (χ0n) is 4.97. The van der Waals surface area contributed by atoms with Crippen LogP contribution in [0.3, 0.4) is 0 Å². The van der Waals surface area contributed by atoms with E-state index >= 15 is 0 Å². The predicted octanol–water partition coefficient (Wildman–Crippen LogP) is 0.439. The highest BCUT2D eigenvalue weighted by atomic mass is 16.6. The molecule has 8 heavy (non-hydrogen) atoms. The molecule has 2 aliphatic heterocycles. The van der Waals surface area contributed by atoms with Crippen LogP contribution in [-0.2, 0) is 4.74 Å². The van der Waals surface area contributed by atoms with Crippen LogP contribution in [0.2, 0.25) is 0 Å². The fourth-order valence-electron chi connectivity index (χ4n) is 1.28. The monoisotopic (exact) mass is 113 g/mol. The first-order valence-corrected chi connectivity index (χ1v) is 3.32. The van der Waals surface area contributed by atoms with Crippen LogP contribution in [0.15, 0.2) is 0 Å². The van der Waals surface area contributed by atoms with Crippen molar-refractivity contribution in [3.63, 3.8) is 0 Å². The van der Waals surface area contributed by atoms with E-state index in [1.165, 1.54) is 25.9 Å². The van der Waals surface area contributed by atoms with E-state index in [1.54, 1.807) is 0 Å². The second kappa shape index (κ2) is 1.71. The van der Waals surface area contributed by atoms with Crippen molar-refractivity contribution in [1.82, 2.24) is 4.90 Å². The molecule has 0 bridgehead atoms. The summed E-state index contributed by atoms with van der Waals surface area (Å²) in [6.45, 7) is 3.52. The van der Waals surface area contributed by atoms with E-state index in [0.717, 1.165) is 6.61 Å². The van der Waals surface area contributed by atoms with E-state index in [-0.39, 0.29) is 0 Å². The number of hydrogen-bond donors (Lipinski definition) is 0. The highest BCUT2D eigenvalue weighted by molar-refractivity contribution is 4.75. The van der Waals surface area contributed by atoms with E-state index < -0.39 is 0 Å². The molecule has 1 unspecified atom stereocenters. The van der Waals surface area contributed by atoms with Gasteiger partial charge >= 0.3 is 0 Å². The molecule has 0 aliphatic carbocycles. The Hall–Kier alpha value is -0.0800. The summed E-state index contributed by atoms with van der Waals surface area (Å²) in [6, 6.07) is 0. The molecule has 2 rings (SSSR count). The number of ether oxygens (including phenoxy) is 1. The van der Waals surface area contributed by atoms with E-state index in [4.69, 9.17) is 4.74 Å². The van der Waals surface area contributed by atoms with Crippen molar-refractivity contribution in [3.8, 4) is 0 Å². The van der Waals surface area contributed by atoms with Crippen molar-refractivity contribution < 1.29 is 4.74 Å². The lowest BCUT2D eigenvalue weighted by atomic mass is 10.4. The number of rotatable bonds is 1. The fraction of sp³-hybridized carbons (Fsp3) is 1.00. The van der Waals surface area contributed by atoms with Gasteiger partial charge in [0.15, 0.2) is 0 Å². The largest absolute Gasteiger partial charge is 0.357 e. The van der Waals surface area contributed by atoms with Crippen LogP contribution < -0.4 is 0 Å². The van der Waals surface area contributed by atoms with Crippen molar-refractivity contribution in [1.29, 1.82) is 0 Å². The topological polar surface area (TPSA) is 15.8 Å². The standard InChI is InChI=1S/C6H11NO/c1-2-4-7(3-1)6-5-8-6/h6H,1-5H2. The molecule has 2 aliphatic rings. The molecule has 2 saturated heterocycles. The Morgan fingerprint density at radius 2 is 1.88 bits per heavy atom. The molecule has 46 valence electrons. The molecule has 2 fully saturated rings. The normalized spacial score (nSPS) is 38.2. The summed E-state index contributed by atoms with van der Waals surface area (Å²) in [5.74, 6) is 0. The second-order valence-electron chi connectivity index (χ2n) is 2.53. The molecule has 0 N–H and O–H groups in total. The minimum Gasteiger partial charge on any atom is -0.357 e. The van der Waals surface area contributed by atoms with Crippen molar-refractivity contribution in [2.45, 2.75) is 19.1 Å². The molecule has 0 aromatic carbocycles. The van der Waals surface area contributed by atoms with Crippen LogP contribution in [-0.4, -0.2) is 30.8 Å². The van der Waals surface area contributed by atoms with Gasteiger partial charge in [0.25, 0.3) is 0 Å². The number of likely N-dealkylation sites (tertiary alicyclic amines) is 1. The maximum atomic E-state index is 5.12. The summed E-state index contributed by atoms with van der Waals surface area (Å²) < 4.78 is 5.12. The summed E-state index contributed by atoms with van der Waals surface area (Å²) in [5, 5.41) is 0. The van der Waals surface area contributed by atoms with Crippen molar-refractivity contribution in [2.24, 2.45) is 0 Å². The number of hydrogen-bond acceptors (Lipinski definition) is 2. The number of epoxide rings is 1. The average Bonchev–Trinajstić information content (AvgIpc) is 2.49. The molecule has 0 aromatic rings. The lowest BCUT2D eigenvalue weighted by molar-refractivity contribution is 0.212. The predicted molar refractivity (Wildman–Crippen MR) is 30.5 cm³/mol. The summed E-state index contributed by atoms with van der Waals surface area (Å²) in [7, 11) is 0. The molecule has 2 heterocycles. The first-order chi connectivity index (χ1) is 3.97. The van der Waals surface area contributed by atoms with Crippen LogP contribution in [0.5, 0.6) is 0 Å². The van der Waals surface area contributed by atoms with Gasteiger partial charge in [0, 0.05) is 13.1 Å². The molecule has 1 atom stereocenters. The Bertz CT molecular complexity index is 84.5. The molecule has 0 amide bonds. The van der Waals surface area contributed by atoms with Gasteiger partial charge in [0.2, 0.25) is 0 Å². The lowest BCUT2D eigenvalue weighted by Gasteiger charge is -2.08. The summed E-state index contributed by atoms with van der Waals surface area (Å²) in [6.07, 6.45) is 3.28. The zero-order chi connectivity index (χ0) is 5.40. The van der Waals surface area contributed by atoms with Crippen molar-refractivity contribution in [2.75, 3.05) is 19.7 Å². The van der Waals surface area contributed by atoms with Gasteiger partial charge in [-0.05, 0) is 12.8 Å². The van der Waals surface area contributed by atoms with Gasteiger partial charge in [-0.25, -0.2) is 0 Å². The maximum Gasteiger partial charge on any atom is 0.134 e. The summed E-state index contributed by atoms with van der Waals surface area (Å²) in [4.78, 5) is 2.42. The van der Waals surface area contributed by atoms with Gasteiger partial charge in [0.1, 0.15) is 6.23 Å². The van der Waals surface area contributed by atoms with Gasteiger partial charge in [-0.3, -0.25) is 4.90 Å². The van der Waals surface area contributed by atoms with E-state index in [9.17, 15) is 0 Å². The van der Waals surface area contributed by atoms with Gasteiger partial charge < -0.3 is 4.74 Å². The first-order valence-electron chi connectivity index (χ1n) is 3.32. The van der Waals surface area contributed by atoms with E-state index in [0.29, 0.717) is 6.23 Å². The Kier molecular flexibility index (Phi) is 1.02. The SMILES string of the molecule is C1CCN(C2CO2)C1. The van der Waals surface area contributed by atoms with Crippen molar-refractivity contribution >= 4 is 0 Å². The Morgan fingerprint density at radius 3 is 2.38 bits per heavy atom. The third kappa shape index (κ3) is 0.740. The second-order valence-corrected chi connectivity index (χ2v) is 2.53. The molecule has 0 saturated carbocycles.